The van der Waals surface area contributed by atoms with Gasteiger partial charge in [-0.25, -0.2) is 0 Å². The fourth-order valence-electron chi connectivity index (χ4n) is 1.90. The Balaban J connectivity index is 2.19. The van der Waals surface area contributed by atoms with Crippen LogP contribution in [0.15, 0.2) is 0 Å². The highest BCUT2D eigenvalue weighted by atomic mass is 32.2. The van der Waals surface area contributed by atoms with Gasteiger partial charge in [0.1, 0.15) is 6.04 Å². The van der Waals surface area contributed by atoms with Crippen LogP contribution in [0.2, 0.25) is 0 Å². The van der Waals surface area contributed by atoms with E-state index in [9.17, 15) is 4.79 Å². The van der Waals surface area contributed by atoms with Crippen molar-refractivity contribution in [1.82, 2.24) is 5.32 Å². The average molecular weight is 261 g/mol. The van der Waals surface area contributed by atoms with Gasteiger partial charge in [-0.1, -0.05) is 6.92 Å². The first-order valence-corrected chi connectivity index (χ1v) is 7.39. The van der Waals surface area contributed by atoms with Crippen molar-refractivity contribution in [3.8, 4) is 0 Å². The van der Waals surface area contributed by atoms with E-state index in [1.54, 1.807) is 0 Å². The lowest BCUT2D eigenvalue weighted by Gasteiger charge is -2.16. The van der Waals surface area contributed by atoms with Crippen LogP contribution in [0, 0.1) is 0 Å². The minimum Gasteiger partial charge on any atom is -0.480 e. The molecule has 4 nitrogen and oxygen atoms in total. The first kappa shape index (κ1) is 14.8. The van der Waals surface area contributed by atoms with Gasteiger partial charge in [0, 0.05) is 11.9 Å². The third kappa shape index (κ3) is 5.27. The van der Waals surface area contributed by atoms with Crippen LogP contribution in [0.5, 0.6) is 0 Å². The molecule has 0 saturated carbocycles. The zero-order valence-electron chi connectivity index (χ0n) is 10.6. The van der Waals surface area contributed by atoms with Crippen molar-refractivity contribution in [2.75, 3.05) is 18.9 Å². The second-order valence-corrected chi connectivity index (χ2v) is 5.75. The van der Waals surface area contributed by atoms with Crippen LogP contribution in [0.1, 0.15) is 33.1 Å². The molecule has 17 heavy (non-hydrogen) atoms. The van der Waals surface area contributed by atoms with Crippen LogP contribution in [-0.2, 0) is 9.53 Å². The molecule has 1 aliphatic heterocycles. The van der Waals surface area contributed by atoms with Crippen LogP contribution in [0.3, 0.4) is 0 Å². The summed E-state index contributed by atoms with van der Waals surface area (Å²) in [5, 5.41) is 12.6. The Morgan fingerprint density at radius 2 is 2.41 bits per heavy atom. The van der Waals surface area contributed by atoms with Gasteiger partial charge in [-0.2, -0.15) is 11.8 Å². The number of nitrogens with one attached hydrogen (secondary N) is 1. The molecule has 0 spiro atoms. The lowest BCUT2D eigenvalue weighted by Crippen LogP contribution is -2.37. The molecule has 3 unspecified atom stereocenters. The number of hydrogen-bond donors (Lipinski definition) is 2. The highest BCUT2D eigenvalue weighted by Crippen LogP contribution is 2.26. The molecule has 1 aliphatic rings. The number of thioether (sulfide) groups is 1. The van der Waals surface area contributed by atoms with Gasteiger partial charge in [0.25, 0.3) is 0 Å². The van der Waals surface area contributed by atoms with E-state index in [0.717, 1.165) is 31.7 Å². The van der Waals surface area contributed by atoms with E-state index >= 15 is 0 Å². The third-order valence-corrected chi connectivity index (χ3v) is 4.50. The van der Waals surface area contributed by atoms with Crippen LogP contribution >= 0.6 is 11.8 Å². The first-order chi connectivity index (χ1) is 8.15. The zero-order valence-corrected chi connectivity index (χ0v) is 11.5. The minimum atomic E-state index is -0.741. The predicted molar refractivity (Wildman–Crippen MR) is 70.6 cm³/mol. The van der Waals surface area contributed by atoms with E-state index in [-0.39, 0.29) is 0 Å². The van der Waals surface area contributed by atoms with Gasteiger partial charge in [-0.15, -0.1) is 0 Å². The van der Waals surface area contributed by atoms with E-state index < -0.39 is 12.0 Å². The molecule has 1 fully saturated rings. The van der Waals surface area contributed by atoms with Crippen molar-refractivity contribution >= 4 is 17.7 Å². The molecule has 1 heterocycles. The molecule has 0 aromatic carbocycles. The summed E-state index contributed by atoms with van der Waals surface area (Å²) in [4.78, 5) is 11.0. The molecule has 0 aromatic heterocycles. The van der Waals surface area contributed by atoms with Gasteiger partial charge in [0.2, 0.25) is 0 Å². The molecule has 5 heteroatoms. The summed E-state index contributed by atoms with van der Waals surface area (Å²) < 4.78 is 5.48. The normalized spacial score (nSPS) is 26.0. The SMILES string of the molecule is CCCNC(CCSC1CCOC1C)C(=O)O. The number of aliphatic carboxylic acids is 1. The summed E-state index contributed by atoms with van der Waals surface area (Å²) in [6.45, 7) is 5.74. The average Bonchev–Trinajstić information content (AvgIpc) is 2.69. The van der Waals surface area contributed by atoms with Gasteiger partial charge < -0.3 is 15.2 Å². The second kappa shape index (κ2) is 7.95. The zero-order chi connectivity index (χ0) is 12.7. The van der Waals surface area contributed by atoms with E-state index in [2.05, 4.69) is 12.2 Å². The fraction of sp³-hybridized carbons (Fsp3) is 0.917. The third-order valence-electron chi connectivity index (χ3n) is 2.98. The summed E-state index contributed by atoms with van der Waals surface area (Å²) in [5.74, 6) is 0.140. The number of ether oxygens (including phenoxy) is 1. The first-order valence-electron chi connectivity index (χ1n) is 6.34. The van der Waals surface area contributed by atoms with Crippen molar-refractivity contribution in [2.24, 2.45) is 0 Å². The lowest BCUT2D eigenvalue weighted by atomic mass is 10.2. The Morgan fingerprint density at radius 3 is 2.94 bits per heavy atom. The fourth-order valence-corrected chi connectivity index (χ4v) is 3.19. The van der Waals surface area contributed by atoms with Crippen LogP contribution in [-0.4, -0.2) is 47.4 Å². The molecular weight excluding hydrogens is 238 g/mol. The van der Waals surface area contributed by atoms with Crippen molar-refractivity contribution in [1.29, 1.82) is 0 Å². The number of carboxylic acid groups (broad SMARTS) is 1. The smallest absolute Gasteiger partial charge is 0.320 e. The maximum absolute atomic E-state index is 11.0. The van der Waals surface area contributed by atoms with Gasteiger partial charge in [-0.05, 0) is 38.5 Å². The monoisotopic (exact) mass is 261 g/mol. The van der Waals surface area contributed by atoms with Crippen molar-refractivity contribution in [2.45, 2.75) is 50.5 Å². The summed E-state index contributed by atoms with van der Waals surface area (Å²) in [5.41, 5.74) is 0. The maximum Gasteiger partial charge on any atom is 0.320 e. The van der Waals surface area contributed by atoms with Gasteiger partial charge in [0.05, 0.1) is 6.10 Å². The molecule has 0 amide bonds. The molecule has 3 atom stereocenters. The van der Waals surface area contributed by atoms with Crippen LogP contribution in [0.25, 0.3) is 0 Å². The van der Waals surface area contributed by atoms with E-state index in [1.807, 2.05) is 18.7 Å². The number of carboxylic acids is 1. The van der Waals surface area contributed by atoms with Gasteiger partial charge >= 0.3 is 5.97 Å². The highest BCUT2D eigenvalue weighted by Gasteiger charge is 2.25. The largest absolute Gasteiger partial charge is 0.480 e. The molecule has 0 aliphatic carbocycles. The number of rotatable bonds is 8. The summed E-state index contributed by atoms with van der Waals surface area (Å²) in [7, 11) is 0. The molecule has 2 N–H and O–H groups in total. The van der Waals surface area contributed by atoms with Gasteiger partial charge in [-0.3, -0.25) is 4.79 Å². The number of hydrogen-bond acceptors (Lipinski definition) is 4. The van der Waals surface area contributed by atoms with E-state index in [1.165, 1.54) is 0 Å². The predicted octanol–water partition coefficient (Wildman–Crippen LogP) is 1.74. The number of carbonyl (C=O) groups is 1. The van der Waals surface area contributed by atoms with Gasteiger partial charge in [0.15, 0.2) is 0 Å². The molecule has 0 aromatic rings. The molecular formula is C12H23NO3S. The summed E-state index contributed by atoms with van der Waals surface area (Å²) in [6, 6.07) is -0.403. The van der Waals surface area contributed by atoms with Crippen molar-refractivity contribution in [3.63, 3.8) is 0 Å². The lowest BCUT2D eigenvalue weighted by molar-refractivity contribution is -0.139. The second-order valence-electron chi connectivity index (χ2n) is 4.41. The molecule has 1 saturated heterocycles. The van der Waals surface area contributed by atoms with Crippen molar-refractivity contribution in [3.05, 3.63) is 0 Å². The van der Waals surface area contributed by atoms with Crippen molar-refractivity contribution < 1.29 is 14.6 Å². The molecule has 0 bridgehead atoms. The van der Waals surface area contributed by atoms with E-state index in [4.69, 9.17) is 9.84 Å². The maximum atomic E-state index is 11.0. The van der Waals surface area contributed by atoms with Crippen LogP contribution in [0.4, 0.5) is 0 Å². The molecule has 100 valence electrons. The quantitative estimate of drug-likeness (QED) is 0.697. The Labute approximate surface area is 107 Å². The Hall–Kier alpha value is -0.260. The standard InChI is InChI=1S/C12H23NO3S/c1-3-6-13-10(12(14)15)5-8-17-11-4-7-16-9(11)2/h9-11,13H,3-8H2,1-2H3,(H,14,15). The topological polar surface area (TPSA) is 58.6 Å². The Kier molecular flexibility index (Phi) is 6.92. The van der Waals surface area contributed by atoms with Crippen LogP contribution < -0.4 is 5.32 Å². The Morgan fingerprint density at radius 1 is 1.65 bits per heavy atom. The summed E-state index contributed by atoms with van der Waals surface area (Å²) >= 11 is 1.84. The molecule has 0 radical (unpaired) electrons. The highest BCUT2D eigenvalue weighted by molar-refractivity contribution is 7.99. The summed E-state index contributed by atoms with van der Waals surface area (Å²) in [6.07, 6.45) is 3.05. The minimum absolute atomic E-state index is 0.312. The Bertz CT molecular complexity index is 238. The van der Waals surface area contributed by atoms with E-state index in [0.29, 0.717) is 17.8 Å². The molecule has 1 rings (SSSR count).